The molecule has 0 aliphatic carbocycles. The second kappa shape index (κ2) is 7.17. The molecular formula is C14H24N2O3S. The lowest BCUT2D eigenvalue weighted by Gasteiger charge is -2.29. The van der Waals surface area contributed by atoms with Crippen LogP contribution in [0.2, 0.25) is 0 Å². The predicted octanol–water partition coefficient (Wildman–Crippen LogP) is 1.22. The summed E-state index contributed by atoms with van der Waals surface area (Å²) in [5.74, 6) is 0. The van der Waals surface area contributed by atoms with E-state index in [0.717, 1.165) is 24.9 Å². The van der Waals surface area contributed by atoms with Crippen LogP contribution in [-0.2, 0) is 16.6 Å². The van der Waals surface area contributed by atoms with E-state index in [1.54, 1.807) is 12.1 Å². The summed E-state index contributed by atoms with van der Waals surface area (Å²) in [6.07, 6.45) is 1.83. The Bertz CT molecular complexity index is 499. The summed E-state index contributed by atoms with van der Waals surface area (Å²) in [6.45, 7) is 5.67. The van der Waals surface area contributed by atoms with Crippen molar-refractivity contribution < 1.29 is 13.5 Å². The van der Waals surface area contributed by atoms with Gasteiger partial charge >= 0.3 is 0 Å². The second-order valence-electron chi connectivity index (χ2n) is 5.16. The molecule has 0 saturated carbocycles. The van der Waals surface area contributed by atoms with Crippen LogP contribution in [0.1, 0.15) is 32.3 Å². The number of primary sulfonamides is 1. The van der Waals surface area contributed by atoms with Gasteiger partial charge in [0.15, 0.2) is 0 Å². The van der Waals surface area contributed by atoms with Crippen LogP contribution in [0.25, 0.3) is 0 Å². The van der Waals surface area contributed by atoms with Gasteiger partial charge in [-0.1, -0.05) is 26.0 Å². The van der Waals surface area contributed by atoms with Crippen molar-refractivity contribution in [2.24, 2.45) is 10.6 Å². The molecule has 1 aromatic rings. The van der Waals surface area contributed by atoms with E-state index >= 15 is 0 Å². The zero-order chi connectivity index (χ0) is 15.2. The lowest BCUT2D eigenvalue weighted by atomic mass is 9.83. The van der Waals surface area contributed by atoms with Crippen molar-refractivity contribution in [3.8, 4) is 0 Å². The number of nitrogens with two attached hydrogens (primary N) is 1. The lowest BCUT2D eigenvalue weighted by molar-refractivity contribution is 0.113. The van der Waals surface area contributed by atoms with Crippen molar-refractivity contribution in [2.45, 2.75) is 38.1 Å². The first-order valence-corrected chi connectivity index (χ1v) is 8.35. The van der Waals surface area contributed by atoms with Crippen LogP contribution in [0.3, 0.4) is 0 Å². The van der Waals surface area contributed by atoms with Gasteiger partial charge in [-0.3, -0.25) is 0 Å². The van der Waals surface area contributed by atoms with Crippen LogP contribution in [-0.4, -0.2) is 26.7 Å². The van der Waals surface area contributed by atoms with Crippen LogP contribution >= 0.6 is 0 Å². The minimum atomic E-state index is -3.63. The SMILES string of the molecule is CCC(CC)(CO)CNCc1ccc(S(N)(=O)=O)cc1. The minimum Gasteiger partial charge on any atom is -0.396 e. The molecule has 0 aromatic heterocycles. The number of aliphatic hydroxyl groups excluding tert-OH is 1. The Morgan fingerprint density at radius 1 is 1.20 bits per heavy atom. The third-order valence-electron chi connectivity index (χ3n) is 3.92. The molecule has 0 bridgehead atoms. The van der Waals surface area contributed by atoms with Gasteiger partial charge in [-0.25, -0.2) is 13.6 Å². The van der Waals surface area contributed by atoms with E-state index in [1.165, 1.54) is 12.1 Å². The fourth-order valence-corrected chi connectivity index (χ4v) is 2.56. The third kappa shape index (κ3) is 4.56. The molecule has 0 saturated heterocycles. The van der Waals surface area contributed by atoms with Crippen molar-refractivity contribution in [3.05, 3.63) is 29.8 Å². The molecule has 0 spiro atoms. The quantitative estimate of drug-likeness (QED) is 0.673. The topological polar surface area (TPSA) is 92.4 Å². The van der Waals surface area contributed by atoms with Crippen molar-refractivity contribution in [3.63, 3.8) is 0 Å². The average molecular weight is 300 g/mol. The highest BCUT2D eigenvalue weighted by molar-refractivity contribution is 7.89. The number of hydrogen-bond acceptors (Lipinski definition) is 4. The van der Waals surface area contributed by atoms with Gasteiger partial charge in [0.2, 0.25) is 10.0 Å². The smallest absolute Gasteiger partial charge is 0.238 e. The van der Waals surface area contributed by atoms with E-state index in [9.17, 15) is 13.5 Å². The van der Waals surface area contributed by atoms with Crippen LogP contribution in [0, 0.1) is 5.41 Å². The van der Waals surface area contributed by atoms with Gasteiger partial charge in [0.05, 0.1) is 4.90 Å². The summed E-state index contributed by atoms with van der Waals surface area (Å²) in [7, 11) is -3.63. The average Bonchev–Trinajstić information content (AvgIpc) is 2.44. The van der Waals surface area contributed by atoms with E-state index in [-0.39, 0.29) is 16.9 Å². The zero-order valence-corrected chi connectivity index (χ0v) is 12.9. The fraction of sp³-hybridized carbons (Fsp3) is 0.571. The summed E-state index contributed by atoms with van der Waals surface area (Å²) >= 11 is 0. The van der Waals surface area contributed by atoms with Gasteiger partial charge in [-0.15, -0.1) is 0 Å². The van der Waals surface area contributed by atoms with Crippen molar-refractivity contribution in [2.75, 3.05) is 13.2 Å². The summed E-state index contributed by atoms with van der Waals surface area (Å²) in [5, 5.41) is 17.8. The number of sulfonamides is 1. The molecule has 0 aliphatic rings. The molecule has 0 fully saturated rings. The maximum absolute atomic E-state index is 11.1. The van der Waals surface area contributed by atoms with E-state index < -0.39 is 10.0 Å². The van der Waals surface area contributed by atoms with Gasteiger partial charge in [0, 0.05) is 25.1 Å². The largest absolute Gasteiger partial charge is 0.396 e. The highest BCUT2D eigenvalue weighted by atomic mass is 32.2. The van der Waals surface area contributed by atoms with Gasteiger partial charge in [-0.05, 0) is 30.5 Å². The molecule has 5 nitrogen and oxygen atoms in total. The monoisotopic (exact) mass is 300 g/mol. The molecule has 0 heterocycles. The standard InChI is InChI=1S/C14H24N2O3S/c1-3-14(4-2,11-17)10-16-9-12-5-7-13(8-6-12)20(15,18)19/h5-8,16-17H,3-4,9-11H2,1-2H3,(H2,15,18,19). The van der Waals surface area contributed by atoms with Crippen molar-refractivity contribution >= 4 is 10.0 Å². The maximum Gasteiger partial charge on any atom is 0.238 e. The molecule has 1 rings (SSSR count). The Hall–Kier alpha value is -0.950. The molecule has 0 aliphatic heterocycles. The van der Waals surface area contributed by atoms with Crippen molar-refractivity contribution in [1.82, 2.24) is 5.32 Å². The predicted molar refractivity (Wildman–Crippen MR) is 79.6 cm³/mol. The molecular weight excluding hydrogens is 276 g/mol. The zero-order valence-electron chi connectivity index (χ0n) is 12.1. The number of benzene rings is 1. The van der Waals surface area contributed by atoms with Crippen LogP contribution in [0.4, 0.5) is 0 Å². The normalized spacial score (nSPS) is 12.6. The lowest BCUT2D eigenvalue weighted by Crippen LogP contribution is -2.36. The Morgan fingerprint density at radius 3 is 2.15 bits per heavy atom. The van der Waals surface area contributed by atoms with Crippen LogP contribution in [0.15, 0.2) is 29.2 Å². The maximum atomic E-state index is 11.1. The summed E-state index contributed by atoms with van der Waals surface area (Å²) in [6, 6.07) is 6.49. The summed E-state index contributed by atoms with van der Waals surface area (Å²) in [4.78, 5) is 0.119. The first kappa shape index (κ1) is 17.1. The van der Waals surface area contributed by atoms with Gasteiger partial charge in [0.25, 0.3) is 0 Å². The van der Waals surface area contributed by atoms with Crippen molar-refractivity contribution in [1.29, 1.82) is 0 Å². The molecule has 20 heavy (non-hydrogen) atoms. The number of rotatable bonds is 8. The first-order valence-electron chi connectivity index (χ1n) is 6.80. The Labute approximate surface area is 121 Å². The molecule has 4 N–H and O–H groups in total. The van der Waals surface area contributed by atoms with Gasteiger partial charge in [-0.2, -0.15) is 0 Å². The number of nitrogens with one attached hydrogen (secondary N) is 1. The van der Waals surface area contributed by atoms with E-state index in [2.05, 4.69) is 19.2 Å². The Kier molecular flexibility index (Phi) is 6.13. The summed E-state index contributed by atoms with van der Waals surface area (Å²) in [5.41, 5.74) is 0.900. The van der Waals surface area contributed by atoms with Crippen LogP contribution in [0.5, 0.6) is 0 Å². The minimum absolute atomic E-state index is 0.0828. The second-order valence-corrected chi connectivity index (χ2v) is 6.72. The van der Waals surface area contributed by atoms with E-state index in [1.807, 2.05) is 0 Å². The molecule has 0 radical (unpaired) electrons. The van der Waals surface area contributed by atoms with E-state index in [4.69, 9.17) is 5.14 Å². The Morgan fingerprint density at radius 2 is 1.75 bits per heavy atom. The third-order valence-corrected chi connectivity index (χ3v) is 4.85. The van der Waals surface area contributed by atoms with E-state index in [0.29, 0.717) is 6.54 Å². The first-order chi connectivity index (χ1) is 9.37. The fourth-order valence-electron chi connectivity index (χ4n) is 2.05. The van der Waals surface area contributed by atoms with Gasteiger partial charge < -0.3 is 10.4 Å². The van der Waals surface area contributed by atoms with Crippen LogP contribution < -0.4 is 10.5 Å². The molecule has 1 aromatic carbocycles. The van der Waals surface area contributed by atoms with Gasteiger partial charge in [0.1, 0.15) is 0 Å². The molecule has 0 unspecified atom stereocenters. The molecule has 0 amide bonds. The number of aliphatic hydroxyl groups is 1. The number of hydrogen-bond donors (Lipinski definition) is 3. The summed E-state index contributed by atoms with van der Waals surface area (Å²) < 4.78 is 22.3. The molecule has 0 atom stereocenters. The molecule has 114 valence electrons. The highest BCUT2D eigenvalue weighted by Crippen LogP contribution is 2.24. The Balaban J connectivity index is 2.59. The molecule has 6 heteroatoms. The highest BCUT2D eigenvalue weighted by Gasteiger charge is 2.24.